The van der Waals surface area contributed by atoms with Crippen LogP contribution in [-0.2, 0) is 24.1 Å². The first-order chi connectivity index (χ1) is 21.1. The number of pyridine rings is 1. The van der Waals surface area contributed by atoms with Gasteiger partial charge in [-0.05, 0) is 72.3 Å². The summed E-state index contributed by atoms with van der Waals surface area (Å²) in [5.74, 6) is -1.42. The number of rotatable bonds is 9. The molecule has 4 aromatic rings. The van der Waals surface area contributed by atoms with Crippen LogP contribution < -0.4 is 4.74 Å². The van der Waals surface area contributed by atoms with Crippen molar-refractivity contribution in [2.75, 3.05) is 6.54 Å². The molecule has 0 unspecified atom stereocenters. The van der Waals surface area contributed by atoms with E-state index in [0.717, 1.165) is 47.4 Å². The Morgan fingerprint density at radius 3 is 2.52 bits per heavy atom. The molecule has 1 saturated heterocycles. The van der Waals surface area contributed by atoms with Gasteiger partial charge in [-0.15, -0.1) is 0 Å². The third-order valence-electron chi connectivity index (χ3n) is 7.87. The largest absolute Gasteiger partial charge is 0.488 e. The Morgan fingerprint density at radius 1 is 1.02 bits per heavy atom. The van der Waals surface area contributed by atoms with Crippen molar-refractivity contribution in [3.63, 3.8) is 0 Å². The fourth-order valence-corrected chi connectivity index (χ4v) is 5.60. The highest BCUT2D eigenvalue weighted by atomic mass is 19.4. The van der Waals surface area contributed by atoms with Crippen LogP contribution >= 0.6 is 0 Å². The van der Waals surface area contributed by atoms with Crippen LogP contribution in [0.15, 0.2) is 79.1 Å². The summed E-state index contributed by atoms with van der Waals surface area (Å²) in [5, 5.41) is 9.75. The molecule has 2 heterocycles. The molecule has 3 aromatic carbocycles. The van der Waals surface area contributed by atoms with E-state index in [-0.39, 0.29) is 30.0 Å². The molecular weight excluding hydrogens is 572 g/mol. The van der Waals surface area contributed by atoms with E-state index in [4.69, 9.17) is 4.74 Å². The average molecular weight is 605 g/mol. The summed E-state index contributed by atoms with van der Waals surface area (Å²) >= 11 is 0. The van der Waals surface area contributed by atoms with E-state index in [1.54, 1.807) is 11.0 Å². The maximum atomic E-state index is 14.5. The quantitative estimate of drug-likeness (QED) is 0.154. The van der Waals surface area contributed by atoms with Crippen molar-refractivity contribution < 1.29 is 32.2 Å². The lowest BCUT2D eigenvalue weighted by molar-refractivity contribution is -0.145. The highest BCUT2D eigenvalue weighted by molar-refractivity contribution is 5.78. The number of piperidine rings is 1. The zero-order chi connectivity index (χ0) is 31.3. The van der Waals surface area contributed by atoms with Crippen LogP contribution in [0.1, 0.15) is 52.6 Å². The van der Waals surface area contributed by atoms with Gasteiger partial charge >= 0.3 is 12.1 Å². The third kappa shape index (κ3) is 7.34. The molecule has 5 nitrogen and oxygen atoms in total. The first kappa shape index (κ1) is 30.9. The molecule has 0 spiro atoms. The molecule has 1 fully saturated rings. The number of hydrogen-bond donors (Lipinski definition) is 1. The average Bonchev–Trinajstić information content (AvgIpc) is 3.00. The van der Waals surface area contributed by atoms with Gasteiger partial charge in [0, 0.05) is 23.9 Å². The van der Waals surface area contributed by atoms with E-state index in [0.29, 0.717) is 18.5 Å². The molecule has 44 heavy (non-hydrogen) atoms. The monoisotopic (exact) mass is 604 g/mol. The second-order valence-corrected chi connectivity index (χ2v) is 10.9. The van der Waals surface area contributed by atoms with Crippen LogP contribution in [0.2, 0.25) is 0 Å². The van der Waals surface area contributed by atoms with Gasteiger partial charge in [-0.2, -0.15) is 13.2 Å². The molecule has 9 heteroatoms. The van der Waals surface area contributed by atoms with Gasteiger partial charge in [0.15, 0.2) is 0 Å². The molecule has 0 bridgehead atoms. The van der Waals surface area contributed by atoms with Crippen LogP contribution in [0.25, 0.3) is 23.3 Å². The summed E-state index contributed by atoms with van der Waals surface area (Å²) in [6.07, 6.45) is 2.73. The maximum absolute atomic E-state index is 14.5. The maximum Gasteiger partial charge on any atom is 0.417 e. The number of nitrogens with zero attached hydrogens (tertiary/aromatic N) is 2. The van der Waals surface area contributed by atoms with Crippen LogP contribution in [0, 0.1) is 12.7 Å². The van der Waals surface area contributed by atoms with E-state index >= 15 is 0 Å². The van der Waals surface area contributed by atoms with E-state index < -0.39 is 29.6 Å². The number of carboxylic acids is 1. The summed E-state index contributed by atoms with van der Waals surface area (Å²) in [5.41, 5.74) is 3.30. The van der Waals surface area contributed by atoms with Gasteiger partial charge in [0.05, 0.1) is 11.8 Å². The van der Waals surface area contributed by atoms with Gasteiger partial charge in [0.2, 0.25) is 0 Å². The standard InChI is InChI=1S/C35H32F4N2O3/c1-23-25(10-7-11-30(23)26-8-3-2-4-9-26)13-14-27-18-33(44-22-24-16-29(36)20-40-19-24)28(17-31(27)35(37,38)39)21-41-15-6-5-12-32(41)34(42)43/h2-4,7-11,13-14,16-20,32H,5-6,12,15,21-22H2,1H3,(H,42,43)/b14-13+/t32-/m0/s1. The number of aromatic nitrogens is 1. The van der Waals surface area contributed by atoms with Gasteiger partial charge in [0.1, 0.15) is 24.2 Å². The first-order valence-corrected chi connectivity index (χ1v) is 14.4. The Kier molecular flexibility index (Phi) is 9.44. The minimum atomic E-state index is -4.69. The van der Waals surface area contributed by atoms with Crippen LogP contribution in [0.4, 0.5) is 17.6 Å². The van der Waals surface area contributed by atoms with Crippen LogP contribution in [0.5, 0.6) is 5.75 Å². The topological polar surface area (TPSA) is 62.7 Å². The number of alkyl halides is 3. The zero-order valence-corrected chi connectivity index (χ0v) is 24.2. The normalized spacial score (nSPS) is 15.9. The lowest BCUT2D eigenvalue weighted by Crippen LogP contribution is -2.44. The van der Waals surface area contributed by atoms with Crippen molar-refractivity contribution in [2.45, 2.75) is 51.6 Å². The predicted octanol–water partition coefficient (Wildman–Crippen LogP) is 8.40. The number of aliphatic carboxylic acids is 1. The van der Waals surface area contributed by atoms with Crippen molar-refractivity contribution in [3.05, 3.63) is 118 Å². The van der Waals surface area contributed by atoms with Crippen LogP contribution in [0.3, 0.4) is 0 Å². The lowest BCUT2D eigenvalue weighted by Gasteiger charge is -2.33. The summed E-state index contributed by atoms with van der Waals surface area (Å²) in [6.45, 7) is 2.19. The smallest absolute Gasteiger partial charge is 0.417 e. The van der Waals surface area contributed by atoms with Crippen molar-refractivity contribution in [1.29, 1.82) is 0 Å². The van der Waals surface area contributed by atoms with Crippen molar-refractivity contribution >= 4 is 18.1 Å². The number of halogens is 4. The molecule has 1 aromatic heterocycles. The summed E-state index contributed by atoms with van der Waals surface area (Å²) in [6, 6.07) is 18.2. The molecular formula is C35H32F4N2O3. The fraction of sp³-hybridized carbons (Fsp3) is 0.257. The number of benzene rings is 3. The summed E-state index contributed by atoms with van der Waals surface area (Å²) < 4.78 is 63.3. The van der Waals surface area contributed by atoms with Crippen molar-refractivity contribution in [1.82, 2.24) is 9.88 Å². The number of hydrogen-bond acceptors (Lipinski definition) is 4. The second kappa shape index (κ2) is 13.4. The van der Waals surface area contributed by atoms with Gasteiger partial charge in [-0.1, -0.05) is 67.1 Å². The highest BCUT2D eigenvalue weighted by Crippen LogP contribution is 2.38. The Balaban J connectivity index is 1.55. The molecule has 228 valence electrons. The number of likely N-dealkylation sites (tertiary alicyclic amines) is 1. The minimum Gasteiger partial charge on any atom is -0.488 e. The first-order valence-electron chi connectivity index (χ1n) is 14.4. The molecule has 1 atom stereocenters. The van der Waals surface area contributed by atoms with Gasteiger partial charge in [-0.25, -0.2) is 4.39 Å². The van der Waals surface area contributed by atoms with Gasteiger partial charge < -0.3 is 9.84 Å². The van der Waals surface area contributed by atoms with Crippen LogP contribution in [-0.4, -0.2) is 33.5 Å². The van der Waals surface area contributed by atoms with Crippen molar-refractivity contribution in [3.8, 4) is 16.9 Å². The highest BCUT2D eigenvalue weighted by Gasteiger charge is 2.35. The SMILES string of the molecule is Cc1c(/C=C/c2cc(OCc3cncc(F)c3)c(CN3CCCC[C@H]3C(=O)O)cc2C(F)(F)F)cccc1-c1ccccc1. The van der Waals surface area contributed by atoms with E-state index in [9.17, 15) is 27.5 Å². The van der Waals surface area contributed by atoms with E-state index in [1.807, 2.05) is 55.5 Å². The lowest BCUT2D eigenvalue weighted by atomic mass is 9.95. The Morgan fingerprint density at radius 2 is 1.80 bits per heavy atom. The van der Waals surface area contributed by atoms with Gasteiger partial charge in [0.25, 0.3) is 0 Å². The second-order valence-electron chi connectivity index (χ2n) is 10.9. The molecule has 1 aliphatic rings. The molecule has 0 aliphatic carbocycles. The molecule has 0 amide bonds. The molecule has 5 rings (SSSR count). The molecule has 0 saturated carbocycles. The van der Waals surface area contributed by atoms with E-state index in [1.165, 1.54) is 24.4 Å². The van der Waals surface area contributed by atoms with E-state index in [2.05, 4.69) is 4.98 Å². The number of carboxylic acid groups (broad SMARTS) is 1. The third-order valence-corrected chi connectivity index (χ3v) is 7.87. The number of carbonyl (C=O) groups is 1. The zero-order valence-electron chi connectivity index (χ0n) is 24.2. The molecule has 1 aliphatic heterocycles. The fourth-order valence-electron chi connectivity index (χ4n) is 5.60. The number of ether oxygens (including phenoxy) is 1. The van der Waals surface area contributed by atoms with Gasteiger partial charge in [-0.3, -0.25) is 14.7 Å². The summed E-state index contributed by atoms with van der Waals surface area (Å²) in [4.78, 5) is 17.4. The predicted molar refractivity (Wildman–Crippen MR) is 161 cm³/mol. The molecule has 0 radical (unpaired) electrons. The Hall–Kier alpha value is -4.50. The summed E-state index contributed by atoms with van der Waals surface area (Å²) in [7, 11) is 0. The van der Waals surface area contributed by atoms with Crippen molar-refractivity contribution in [2.24, 2.45) is 0 Å². The Labute approximate surface area is 253 Å². The minimum absolute atomic E-state index is 0.0427. The molecule has 1 N–H and O–H groups in total. The Bertz CT molecular complexity index is 1650.